The zero-order chi connectivity index (χ0) is 25.7. The van der Waals surface area contributed by atoms with Crippen LogP contribution in [0.1, 0.15) is 37.0 Å². The van der Waals surface area contributed by atoms with Crippen molar-refractivity contribution in [2.24, 2.45) is 5.92 Å². The number of nitrogens with zero attached hydrogens (tertiary/aromatic N) is 4. The fraction of sp³-hybridized carbons (Fsp3) is 0.393. The van der Waals surface area contributed by atoms with E-state index in [1.807, 2.05) is 72.2 Å². The van der Waals surface area contributed by atoms with Gasteiger partial charge in [0.15, 0.2) is 0 Å². The molecule has 1 aromatic heterocycles. The Hall–Kier alpha value is -3.81. The number of likely N-dealkylation sites (tertiary alicyclic amines) is 1. The van der Waals surface area contributed by atoms with Crippen LogP contribution in [0, 0.1) is 5.92 Å². The number of piperidine rings is 1. The number of methoxy groups -OCH3 is 2. The standard InChI is InChI=1S/C28H34N4O4/c1-5-30(6-2)27(33)20-14-16-31(17-15-20)28(34)24-19-32(21-10-8-7-9-11-21)29-26(24)23-18-22(35-3)12-13-25(23)36-4/h7-13,18-20H,5-6,14-17H2,1-4H3. The third-order valence-electron chi connectivity index (χ3n) is 6.83. The van der Waals surface area contributed by atoms with Gasteiger partial charge in [0.2, 0.25) is 5.91 Å². The average Bonchev–Trinajstić information content (AvgIpc) is 3.39. The summed E-state index contributed by atoms with van der Waals surface area (Å²) in [4.78, 5) is 30.3. The molecule has 0 spiro atoms. The topological polar surface area (TPSA) is 76.9 Å². The molecule has 1 aliphatic heterocycles. The molecule has 8 nitrogen and oxygen atoms in total. The van der Waals surface area contributed by atoms with E-state index in [4.69, 9.17) is 14.6 Å². The molecule has 2 heterocycles. The van der Waals surface area contributed by atoms with E-state index in [0.717, 1.165) is 5.69 Å². The van der Waals surface area contributed by atoms with Crippen LogP contribution in [0.3, 0.4) is 0 Å². The molecule has 0 bridgehead atoms. The predicted octanol–water partition coefficient (Wildman–Crippen LogP) is 4.28. The number of carbonyl (C=O) groups is 2. The van der Waals surface area contributed by atoms with Crippen LogP contribution in [0.2, 0.25) is 0 Å². The van der Waals surface area contributed by atoms with Gasteiger partial charge >= 0.3 is 0 Å². The number of benzene rings is 2. The maximum Gasteiger partial charge on any atom is 0.257 e. The lowest BCUT2D eigenvalue weighted by Gasteiger charge is -2.33. The van der Waals surface area contributed by atoms with E-state index in [0.29, 0.717) is 67.3 Å². The molecule has 2 aromatic carbocycles. The van der Waals surface area contributed by atoms with Gasteiger partial charge in [-0.15, -0.1) is 0 Å². The Labute approximate surface area is 212 Å². The predicted molar refractivity (Wildman–Crippen MR) is 139 cm³/mol. The third-order valence-corrected chi connectivity index (χ3v) is 6.83. The second-order valence-corrected chi connectivity index (χ2v) is 8.81. The lowest BCUT2D eigenvalue weighted by Crippen LogP contribution is -2.44. The molecule has 1 aliphatic rings. The average molecular weight is 491 g/mol. The van der Waals surface area contributed by atoms with Gasteiger partial charge < -0.3 is 19.3 Å². The Kier molecular flexibility index (Phi) is 7.93. The van der Waals surface area contributed by atoms with E-state index in [1.54, 1.807) is 25.1 Å². The van der Waals surface area contributed by atoms with Crippen LogP contribution in [0.25, 0.3) is 16.9 Å². The van der Waals surface area contributed by atoms with Crippen molar-refractivity contribution in [2.75, 3.05) is 40.4 Å². The molecular weight excluding hydrogens is 456 g/mol. The lowest BCUT2D eigenvalue weighted by molar-refractivity contribution is -0.136. The number of aromatic nitrogens is 2. The number of carbonyl (C=O) groups excluding carboxylic acids is 2. The van der Waals surface area contributed by atoms with Crippen molar-refractivity contribution in [3.8, 4) is 28.4 Å². The third kappa shape index (κ3) is 5.08. The van der Waals surface area contributed by atoms with Gasteiger partial charge in [-0.05, 0) is 57.0 Å². The SMILES string of the molecule is CCN(CC)C(=O)C1CCN(C(=O)c2cn(-c3ccccc3)nc2-c2cc(OC)ccc2OC)CC1. The molecule has 36 heavy (non-hydrogen) atoms. The quantitative estimate of drug-likeness (QED) is 0.471. The smallest absolute Gasteiger partial charge is 0.257 e. The summed E-state index contributed by atoms with van der Waals surface area (Å²) in [5, 5.41) is 4.81. The summed E-state index contributed by atoms with van der Waals surface area (Å²) in [5.74, 6) is 1.29. The highest BCUT2D eigenvalue weighted by Gasteiger charge is 2.32. The molecule has 1 fully saturated rings. The van der Waals surface area contributed by atoms with Gasteiger partial charge in [-0.25, -0.2) is 4.68 Å². The molecule has 1 saturated heterocycles. The molecular formula is C28H34N4O4. The van der Waals surface area contributed by atoms with Gasteiger partial charge in [-0.1, -0.05) is 18.2 Å². The molecule has 0 aliphatic carbocycles. The lowest BCUT2D eigenvalue weighted by atomic mass is 9.94. The summed E-state index contributed by atoms with van der Waals surface area (Å²) >= 11 is 0. The van der Waals surface area contributed by atoms with Crippen LogP contribution >= 0.6 is 0 Å². The van der Waals surface area contributed by atoms with E-state index in [1.165, 1.54) is 0 Å². The van der Waals surface area contributed by atoms with Crippen molar-refractivity contribution in [3.63, 3.8) is 0 Å². The first-order chi connectivity index (χ1) is 17.5. The Bertz CT molecular complexity index is 1200. The van der Waals surface area contributed by atoms with Crippen molar-refractivity contribution in [2.45, 2.75) is 26.7 Å². The second kappa shape index (κ2) is 11.3. The van der Waals surface area contributed by atoms with Crippen molar-refractivity contribution >= 4 is 11.8 Å². The number of rotatable bonds is 8. The van der Waals surface area contributed by atoms with E-state index < -0.39 is 0 Å². The Morgan fingerprint density at radius 2 is 1.69 bits per heavy atom. The summed E-state index contributed by atoms with van der Waals surface area (Å²) in [6, 6.07) is 15.2. The van der Waals surface area contributed by atoms with E-state index in [-0.39, 0.29) is 17.7 Å². The van der Waals surface area contributed by atoms with Gasteiger partial charge in [0.1, 0.15) is 17.2 Å². The molecule has 0 unspecified atom stereocenters. The zero-order valence-electron chi connectivity index (χ0n) is 21.4. The second-order valence-electron chi connectivity index (χ2n) is 8.81. The Morgan fingerprint density at radius 3 is 2.31 bits per heavy atom. The van der Waals surface area contributed by atoms with Gasteiger partial charge in [-0.3, -0.25) is 9.59 Å². The monoisotopic (exact) mass is 490 g/mol. The van der Waals surface area contributed by atoms with Gasteiger partial charge in [-0.2, -0.15) is 5.10 Å². The van der Waals surface area contributed by atoms with Crippen LogP contribution in [0.5, 0.6) is 11.5 Å². The molecule has 2 amide bonds. The largest absolute Gasteiger partial charge is 0.497 e. The van der Waals surface area contributed by atoms with Crippen LogP contribution in [-0.2, 0) is 4.79 Å². The number of para-hydroxylation sites is 1. The van der Waals surface area contributed by atoms with Gasteiger partial charge in [0.25, 0.3) is 5.91 Å². The number of amides is 2. The molecule has 0 atom stereocenters. The minimum Gasteiger partial charge on any atom is -0.497 e. The molecule has 4 rings (SSSR count). The zero-order valence-corrected chi connectivity index (χ0v) is 21.4. The Morgan fingerprint density at radius 1 is 1.00 bits per heavy atom. The first kappa shape index (κ1) is 25.3. The van der Waals surface area contributed by atoms with Crippen molar-refractivity contribution < 1.29 is 19.1 Å². The minimum atomic E-state index is -0.106. The van der Waals surface area contributed by atoms with Crippen molar-refractivity contribution in [1.82, 2.24) is 19.6 Å². The summed E-state index contributed by atoms with van der Waals surface area (Å²) in [6.07, 6.45) is 3.09. The maximum absolute atomic E-state index is 13.8. The summed E-state index contributed by atoms with van der Waals surface area (Å²) < 4.78 is 12.8. The number of hydrogen-bond donors (Lipinski definition) is 0. The first-order valence-corrected chi connectivity index (χ1v) is 12.5. The van der Waals surface area contributed by atoms with E-state index >= 15 is 0 Å². The van der Waals surface area contributed by atoms with Gasteiger partial charge in [0.05, 0.1) is 25.5 Å². The highest BCUT2D eigenvalue weighted by atomic mass is 16.5. The highest BCUT2D eigenvalue weighted by Crippen LogP contribution is 2.36. The Balaban J connectivity index is 1.67. The van der Waals surface area contributed by atoms with E-state index in [2.05, 4.69) is 0 Å². The molecule has 3 aromatic rings. The van der Waals surface area contributed by atoms with Crippen LogP contribution in [0.15, 0.2) is 54.7 Å². The van der Waals surface area contributed by atoms with Crippen LogP contribution in [0.4, 0.5) is 0 Å². The highest BCUT2D eigenvalue weighted by molar-refractivity contribution is 6.00. The summed E-state index contributed by atoms with van der Waals surface area (Å²) in [6.45, 7) is 6.47. The van der Waals surface area contributed by atoms with E-state index in [9.17, 15) is 9.59 Å². The normalized spacial score (nSPS) is 13.9. The molecule has 8 heteroatoms. The number of ether oxygens (including phenoxy) is 2. The summed E-state index contributed by atoms with van der Waals surface area (Å²) in [5.41, 5.74) is 2.55. The molecule has 0 N–H and O–H groups in total. The minimum absolute atomic E-state index is 0.0426. The molecule has 0 saturated carbocycles. The fourth-order valence-corrected chi connectivity index (χ4v) is 4.73. The summed E-state index contributed by atoms with van der Waals surface area (Å²) in [7, 11) is 3.20. The van der Waals surface area contributed by atoms with Crippen molar-refractivity contribution in [1.29, 1.82) is 0 Å². The molecule has 190 valence electrons. The fourth-order valence-electron chi connectivity index (χ4n) is 4.73. The van der Waals surface area contributed by atoms with Crippen LogP contribution < -0.4 is 9.47 Å². The number of hydrogen-bond acceptors (Lipinski definition) is 5. The molecule has 0 radical (unpaired) electrons. The maximum atomic E-state index is 13.8. The van der Waals surface area contributed by atoms with Crippen molar-refractivity contribution in [3.05, 3.63) is 60.3 Å². The first-order valence-electron chi connectivity index (χ1n) is 12.5. The van der Waals surface area contributed by atoms with Gasteiger partial charge in [0, 0.05) is 43.9 Å². The van der Waals surface area contributed by atoms with Crippen LogP contribution in [-0.4, -0.2) is 71.8 Å².